The van der Waals surface area contributed by atoms with Gasteiger partial charge in [0.2, 0.25) is 5.91 Å². The molecule has 1 heterocycles. The molecule has 0 spiro atoms. The predicted octanol–water partition coefficient (Wildman–Crippen LogP) is 3.21. The number of nitrogens with zero attached hydrogens (tertiary/aromatic N) is 1. The molecule has 7 heteroatoms. The van der Waals surface area contributed by atoms with E-state index in [1.165, 1.54) is 0 Å². The summed E-state index contributed by atoms with van der Waals surface area (Å²) in [5.74, 6) is 1.24. The fourth-order valence-corrected chi connectivity index (χ4v) is 2.75. The van der Waals surface area contributed by atoms with Crippen LogP contribution < -0.4 is 14.8 Å². The number of likely N-dealkylation sites (tertiary alicyclic amines) is 1. The van der Waals surface area contributed by atoms with Crippen LogP contribution in [0.25, 0.3) is 0 Å². The van der Waals surface area contributed by atoms with E-state index in [0.29, 0.717) is 36.7 Å². The number of rotatable bonds is 5. The molecule has 0 bridgehead atoms. The Morgan fingerprint density at radius 1 is 1.15 bits per heavy atom. The van der Waals surface area contributed by atoms with Crippen molar-refractivity contribution in [2.24, 2.45) is 5.92 Å². The smallest absolute Gasteiger partial charge is 0.410 e. The summed E-state index contributed by atoms with van der Waals surface area (Å²) in [6.45, 7) is 8.47. The number of carbonyl (C=O) groups is 2. The van der Waals surface area contributed by atoms with E-state index in [1.807, 2.05) is 33.8 Å². The summed E-state index contributed by atoms with van der Waals surface area (Å²) in [6, 6.07) is 3.57. The highest BCUT2D eigenvalue weighted by atomic mass is 16.6. The lowest BCUT2D eigenvalue weighted by Crippen LogP contribution is -2.52. The number of aryl methyl sites for hydroxylation is 1. The molecule has 0 aliphatic carbocycles. The van der Waals surface area contributed by atoms with Crippen LogP contribution in [0.1, 0.15) is 32.8 Å². The fraction of sp³-hybridized carbons (Fsp3) is 0.579. The topological polar surface area (TPSA) is 77.1 Å². The van der Waals surface area contributed by atoms with E-state index in [-0.39, 0.29) is 17.9 Å². The van der Waals surface area contributed by atoms with Crippen molar-refractivity contribution in [3.8, 4) is 11.5 Å². The average Bonchev–Trinajstić information content (AvgIpc) is 2.50. The van der Waals surface area contributed by atoms with E-state index >= 15 is 0 Å². The number of carbonyl (C=O) groups excluding carboxylic acids is 2. The average molecular weight is 364 g/mol. The maximum Gasteiger partial charge on any atom is 0.410 e. The molecule has 2 amide bonds. The van der Waals surface area contributed by atoms with Gasteiger partial charge in [-0.1, -0.05) is 0 Å². The van der Waals surface area contributed by atoms with Gasteiger partial charge in [-0.2, -0.15) is 0 Å². The zero-order valence-corrected chi connectivity index (χ0v) is 16.3. The summed E-state index contributed by atoms with van der Waals surface area (Å²) in [5.41, 5.74) is 1.07. The third kappa shape index (κ3) is 5.03. The number of ether oxygens (including phenoxy) is 3. The number of hydrogen-bond donors (Lipinski definition) is 1. The maximum atomic E-state index is 12.3. The van der Waals surface area contributed by atoms with Gasteiger partial charge in [0, 0.05) is 37.2 Å². The molecule has 1 aromatic rings. The summed E-state index contributed by atoms with van der Waals surface area (Å²) >= 11 is 0. The van der Waals surface area contributed by atoms with Gasteiger partial charge < -0.3 is 24.4 Å². The summed E-state index contributed by atoms with van der Waals surface area (Å²) in [4.78, 5) is 25.8. The van der Waals surface area contributed by atoms with Crippen LogP contribution in [0.15, 0.2) is 12.1 Å². The monoisotopic (exact) mass is 364 g/mol. The molecule has 0 atom stereocenters. The Balaban J connectivity index is 1.86. The third-order valence-corrected chi connectivity index (χ3v) is 4.09. The van der Waals surface area contributed by atoms with Gasteiger partial charge in [0.15, 0.2) is 11.5 Å². The van der Waals surface area contributed by atoms with Gasteiger partial charge in [-0.3, -0.25) is 4.79 Å². The van der Waals surface area contributed by atoms with Crippen molar-refractivity contribution in [3.63, 3.8) is 0 Å². The van der Waals surface area contributed by atoms with Crippen molar-refractivity contribution >= 4 is 17.7 Å². The standard InChI is InChI=1S/C19H28N2O5/c1-12-7-15(24-5)16(25-6)9-14(12)20-17(22)8-13-10-21(11-13)18(23)26-19(2,3)4/h7,9,13H,8,10-11H2,1-6H3,(H,20,22). The molecule has 144 valence electrons. The van der Waals surface area contributed by atoms with E-state index in [1.54, 1.807) is 25.2 Å². The number of hydrogen-bond acceptors (Lipinski definition) is 5. The van der Waals surface area contributed by atoms with Crippen molar-refractivity contribution in [1.82, 2.24) is 4.90 Å². The SMILES string of the molecule is COc1cc(C)c(NC(=O)CC2CN(C(=O)OC(C)(C)C)C2)cc1OC. The normalized spacial score (nSPS) is 14.5. The molecule has 1 N–H and O–H groups in total. The molecule has 0 saturated carbocycles. The number of nitrogens with one attached hydrogen (secondary N) is 1. The highest BCUT2D eigenvalue weighted by Crippen LogP contribution is 2.33. The van der Waals surface area contributed by atoms with Crippen molar-refractivity contribution in [2.45, 2.75) is 39.7 Å². The molecule has 1 aliphatic heterocycles. The van der Waals surface area contributed by atoms with Crippen LogP contribution in [0.4, 0.5) is 10.5 Å². The van der Waals surface area contributed by atoms with Crippen LogP contribution in [0.3, 0.4) is 0 Å². The van der Waals surface area contributed by atoms with Crippen molar-refractivity contribution in [1.29, 1.82) is 0 Å². The van der Waals surface area contributed by atoms with Crippen LogP contribution in [0.5, 0.6) is 11.5 Å². The summed E-state index contributed by atoms with van der Waals surface area (Å²) in [5, 5.41) is 2.91. The molecule has 1 aromatic carbocycles. The first-order valence-corrected chi connectivity index (χ1v) is 8.63. The van der Waals surface area contributed by atoms with Crippen LogP contribution in [-0.2, 0) is 9.53 Å². The minimum atomic E-state index is -0.509. The van der Waals surface area contributed by atoms with Gasteiger partial charge in [0.1, 0.15) is 5.60 Å². The zero-order chi connectivity index (χ0) is 19.5. The first kappa shape index (κ1) is 19.9. The van der Waals surface area contributed by atoms with Crippen LogP contribution in [-0.4, -0.2) is 49.8 Å². The second kappa shape index (κ2) is 7.85. The molecule has 2 rings (SSSR count). The first-order valence-electron chi connectivity index (χ1n) is 8.63. The molecular weight excluding hydrogens is 336 g/mol. The lowest BCUT2D eigenvalue weighted by Gasteiger charge is -2.39. The zero-order valence-electron chi connectivity index (χ0n) is 16.3. The Kier molecular flexibility index (Phi) is 6.00. The predicted molar refractivity (Wildman–Crippen MR) is 98.8 cm³/mol. The third-order valence-electron chi connectivity index (χ3n) is 4.09. The van der Waals surface area contributed by atoms with Gasteiger partial charge in [0.05, 0.1) is 14.2 Å². The van der Waals surface area contributed by atoms with Gasteiger partial charge in [-0.15, -0.1) is 0 Å². The minimum absolute atomic E-state index is 0.0887. The quantitative estimate of drug-likeness (QED) is 0.868. The van der Waals surface area contributed by atoms with E-state index in [2.05, 4.69) is 5.32 Å². The summed E-state index contributed by atoms with van der Waals surface area (Å²) < 4.78 is 15.8. The van der Waals surface area contributed by atoms with E-state index in [0.717, 1.165) is 5.56 Å². The first-order chi connectivity index (χ1) is 12.1. The van der Waals surface area contributed by atoms with Gasteiger partial charge in [-0.25, -0.2) is 4.79 Å². The molecular formula is C19H28N2O5. The molecule has 7 nitrogen and oxygen atoms in total. The van der Waals surface area contributed by atoms with Crippen LogP contribution in [0, 0.1) is 12.8 Å². The second-order valence-corrected chi connectivity index (χ2v) is 7.53. The lowest BCUT2D eigenvalue weighted by atomic mass is 9.96. The number of anilines is 1. The minimum Gasteiger partial charge on any atom is -0.493 e. The Morgan fingerprint density at radius 2 is 1.73 bits per heavy atom. The fourth-order valence-electron chi connectivity index (χ4n) is 2.75. The second-order valence-electron chi connectivity index (χ2n) is 7.53. The van der Waals surface area contributed by atoms with Crippen molar-refractivity contribution in [3.05, 3.63) is 17.7 Å². The van der Waals surface area contributed by atoms with Crippen LogP contribution >= 0.6 is 0 Å². The number of methoxy groups -OCH3 is 2. The molecule has 0 radical (unpaired) electrons. The summed E-state index contributed by atoms with van der Waals surface area (Å²) in [7, 11) is 3.13. The molecule has 0 unspecified atom stereocenters. The van der Waals surface area contributed by atoms with Gasteiger partial charge in [-0.05, 0) is 39.3 Å². The highest BCUT2D eigenvalue weighted by Gasteiger charge is 2.34. The van der Waals surface area contributed by atoms with E-state index < -0.39 is 5.60 Å². The van der Waals surface area contributed by atoms with Crippen molar-refractivity contribution in [2.75, 3.05) is 32.6 Å². The van der Waals surface area contributed by atoms with Crippen LogP contribution in [0.2, 0.25) is 0 Å². The number of amides is 2. The largest absolute Gasteiger partial charge is 0.493 e. The van der Waals surface area contributed by atoms with Gasteiger partial charge >= 0.3 is 6.09 Å². The Morgan fingerprint density at radius 3 is 2.27 bits per heavy atom. The molecule has 1 saturated heterocycles. The molecule has 26 heavy (non-hydrogen) atoms. The van der Waals surface area contributed by atoms with E-state index in [4.69, 9.17) is 14.2 Å². The molecule has 0 aromatic heterocycles. The van der Waals surface area contributed by atoms with Gasteiger partial charge in [0.25, 0.3) is 0 Å². The van der Waals surface area contributed by atoms with Crippen molar-refractivity contribution < 1.29 is 23.8 Å². The molecule has 1 aliphatic rings. The Hall–Kier alpha value is -2.44. The Labute approximate surface area is 154 Å². The maximum absolute atomic E-state index is 12.3. The highest BCUT2D eigenvalue weighted by molar-refractivity contribution is 5.92. The summed E-state index contributed by atoms with van der Waals surface area (Å²) in [6.07, 6.45) is 0.0254. The number of benzene rings is 1. The Bertz CT molecular complexity index is 675. The lowest BCUT2D eigenvalue weighted by molar-refractivity contribution is -0.118. The van der Waals surface area contributed by atoms with E-state index in [9.17, 15) is 9.59 Å². The molecule has 1 fully saturated rings.